The van der Waals surface area contributed by atoms with Crippen molar-refractivity contribution in [2.45, 2.75) is 19.1 Å². The topological polar surface area (TPSA) is 26.3 Å². The molecule has 0 aromatic rings. The average molecular weight is 213 g/mol. The number of carbonyl (C=O) groups is 1. The van der Waals surface area contributed by atoms with Crippen LogP contribution in [0.15, 0.2) is 0 Å². The van der Waals surface area contributed by atoms with Crippen LogP contribution in [0.1, 0.15) is 13.8 Å². The Morgan fingerprint density at radius 1 is 1.82 bits per heavy atom. The van der Waals surface area contributed by atoms with Crippen molar-refractivity contribution < 1.29 is 9.53 Å². The molecule has 0 aliphatic heterocycles. The summed E-state index contributed by atoms with van der Waals surface area (Å²) in [6.07, 6.45) is 0. The fourth-order valence-corrected chi connectivity index (χ4v) is 1.72. The number of carbonyl (C=O) groups excluding carboxylic acids is 1. The van der Waals surface area contributed by atoms with Crippen LogP contribution in [-0.2, 0) is 9.53 Å². The van der Waals surface area contributed by atoms with Crippen molar-refractivity contribution in [3.05, 3.63) is 0 Å². The molecular formula is C6H9ClO2S2. The van der Waals surface area contributed by atoms with E-state index in [-0.39, 0.29) is 14.9 Å². The van der Waals surface area contributed by atoms with Crippen molar-refractivity contribution in [1.82, 2.24) is 0 Å². The van der Waals surface area contributed by atoms with Crippen molar-refractivity contribution in [2.24, 2.45) is 0 Å². The van der Waals surface area contributed by atoms with Gasteiger partial charge in [-0.2, -0.15) is 0 Å². The van der Waals surface area contributed by atoms with Gasteiger partial charge in [0.05, 0.1) is 6.61 Å². The minimum Gasteiger partial charge on any atom is -0.465 e. The number of rotatable bonds is 3. The second kappa shape index (κ2) is 5.80. The van der Waals surface area contributed by atoms with E-state index in [2.05, 4.69) is 12.2 Å². The van der Waals surface area contributed by atoms with Gasteiger partial charge in [-0.25, -0.2) is 0 Å². The van der Waals surface area contributed by atoms with Crippen LogP contribution in [0.25, 0.3) is 0 Å². The zero-order chi connectivity index (χ0) is 8.85. The van der Waals surface area contributed by atoms with Crippen LogP contribution in [0.2, 0.25) is 0 Å². The largest absolute Gasteiger partial charge is 0.465 e. The predicted molar refractivity (Wildman–Crippen MR) is 52.1 cm³/mol. The fraction of sp³-hybridized carbons (Fsp3) is 0.667. The number of hydrogen-bond donors (Lipinski definition) is 0. The maximum absolute atomic E-state index is 10.9. The van der Waals surface area contributed by atoms with Gasteiger partial charge < -0.3 is 4.74 Å². The zero-order valence-electron chi connectivity index (χ0n) is 6.30. The van der Waals surface area contributed by atoms with Gasteiger partial charge in [-0.05, 0) is 13.8 Å². The molecule has 64 valence electrons. The highest BCUT2D eigenvalue weighted by Gasteiger charge is 2.15. The molecule has 0 saturated heterocycles. The van der Waals surface area contributed by atoms with Gasteiger partial charge in [-0.1, -0.05) is 35.6 Å². The number of thiocarbonyl (C=S) groups is 1. The van der Waals surface area contributed by atoms with Crippen molar-refractivity contribution in [2.75, 3.05) is 6.61 Å². The first-order valence-electron chi connectivity index (χ1n) is 3.10. The van der Waals surface area contributed by atoms with E-state index in [4.69, 9.17) is 16.3 Å². The van der Waals surface area contributed by atoms with Gasteiger partial charge in [-0.15, -0.1) is 0 Å². The van der Waals surface area contributed by atoms with E-state index in [0.717, 1.165) is 11.8 Å². The van der Waals surface area contributed by atoms with Crippen LogP contribution in [0, 0.1) is 0 Å². The smallest absolute Gasteiger partial charge is 0.319 e. The van der Waals surface area contributed by atoms with Crippen molar-refractivity contribution in [1.29, 1.82) is 0 Å². The highest BCUT2D eigenvalue weighted by molar-refractivity contribution is 8.27. The molecule has 0 rings (SSSR count). The standard InChI is InChI=1S/C6H9ClO2S2/c1-3-9-5(8)4(2)11-6(7)10/h4H,3H2,1-2H3. The Hall–Kier alpha value is 0.200. The van der Waals surface area contributed by atoms with Crippen molar-refractivity contribution >= 4 is 45.2 Å². The maximum atomic E-state index is 10.9. The van der Waals surface area contributed by atoms with E-state index in [1.807, 2.05) is 0 Å². The summed E-state index contributed by atoms with van der Waals surface area (Å²) in [7, 11) is 0. The van der Waals surface area contributed by atoms with Crippen molar-refractivity contribution in [3.8, 4) is 0 Å². The van der Waals surface area contributed by atoms with E-state index in [1.165, 1.54) is 0 Å². The molecule has 0 aliphatic rings. The molecule has 0 amide bonds. The van der Waals surface area contributed by atoms with Gasteiger partial charge in [0.25, 0.3) is 0 Å². The molecule has 2 nitrogen and oxygen atoms in total. The second-order valence-electron chi connectivity index (χ2n) is 1.75. The lowest BCUT2D eigenvalue weighted by molar-refractivity contribution is -0.142. The van der Waals surface area contributed by atoms with E-state index >= 15 is 0 Å². The Morgan fingerprint density at radius 3 is 2.73 bits per heavy atom. The van der Waals surface area contributed by atoms with Gasteiger partial charge in [-0.3, -0.25) is 4.79 Å². The molecule has 1 atom stereocenters. The number of hydrogen-bond acceptors (Lipinski definition) is 4. The van der Waals surface area contributed by atoms with Gasteiger partial charge in [0.2, 0.25) is 0 Å². The maximum Gasteiger partial charge on any atom is 0.319 e. The monoisotopic (exact) mass is 212 g/mol. The predicted octanol–water partition coefficient (Wildman–Crippen LogP) is 2.19. The fourth-order valence-electron chi connectivity index (χ4n) is 0.447. The van der Waals surface area contributed by atoms with Crippen molar-refractivity contribution in [3.63, 3.8) is 0 Å². The number of ether oxygens (including phenoxy) is 1. The molecule has 11 heavy (non-hydrogen) atoms. The molecule has 5 heteroatoms. The van der Waals surface area contributed by atoms with Crippen LogP contribution >= 0.6 is 35.6 Å². The average Bonchev–Trinajstić information content (AvgIpc) is 1.86. The molecule has 0 spiro atoms. The molecule has 0 N–H and O–H groups in total. The summed E-state index contributed by atoms with van der Waals surface area (Å²) in [6.45, 7) is 3.85. The Kier molecular flexibility index (Phi) is 5.91. The molecule has 0 fully saturated rings. The molecule has 0 bridgehead atoms. The lowest BCUT2D eigenvalue weighted by Gasteiger charge is -2.06. The van der Waals surface area contributed by atoms with E-state index in [0.29, 0.717) is 6.61 Å². The number of esters is 1. The molecule has 0 aliphatic carbocycles. The van der Waals surface area contributed by atoms with Crippen LogP contribution in [0.3, 0.4) is 0 Å². The first-order chi connectivity index (χ1) is 5.07. The first kappa shape index (κ1) is 11.2. The van der Waals surface area contributed by atoms with Crippen LogP contribution in [0.4, 0.5) is 0 Å². The third kappa shape index (κ3) is 5.47. The summed E-state index contributed by atoms with van der Waals surface area (Å²) in [5, 5.41) is -0.306. The summed E-state index contributed by atoms with van der Waals surface area (Å²) in [5.74, 6) is -0.277. The normalized spacial score (nSPS) is 12.3. The summed E-state index contributed by atoms with van der Waals surface area (Å²) in [5.41, 5.74) is 0. The molecule has 1 unspecified atom stereocenters. The zero-order valence-corrected chi connectivity index (χ0v) is 8.68. The SMILES string of the molecule is CCOC(=O)C(C)SC(=S)Cl. The Labute approximate surface area is 80.6 Å². The molecule has 0 heterocycles. The number of halogens is 1. The quantitative estimate of drug-likeness (QED) is 0.407. The Morgan fingerprint density at radius 2 is 2.36 bits per heavy atom. The molecule has 0 aromatic heterocycles. The third-order valence-electron chi connectivity index (χ3n) is 0.888. The van der Waals surface area contributed by atoms with Crippen LogP contribution < -0.4 is 0 Å². The van der Waals surface area contributed by atoms with Gasteiger partial charge in [0, 0.05) is 0 Å². The highest BCUT2D eigenvalue weighted by Crippen LogP contribution is 2.16. The molecule has 0 saturated carbocycles. The van der Waals surface area contributed by atoms with Gasteiger partial charge in [0.15, 0.2) is 0 Å². The number of thioether (sulfide) groups is 1. The summed E-state index contributed by atoms with van der Waals surface area (Å²) in [4.78, 5) is 10.9. The van der Waals surface area contributed by atoms with Crippen LogP contribution in [-0.4, -0.2) is 21.5 Å². The molecule has 0 radical (unpaired) electrons. The lowest BCUT2D eigenvalue weighted by Crippen LogP contribution is -2.17. The molecular weight excluding hydrogens is 204 g/mol. The Bertz CT molecular complexity index is 161. The van der Waals surface area contributed by atoms with E-state index in [9.17, 15) is 4.79 Å². The van der Waals surface area contributed by atoms with E-state index in [1.54, 1.807) is 13.8 Å². The minimum absolute atomic E-state index is 0.241. The summed E-state index contributed by atoms with van der Waals surface area (Å²) in [6, 6.07) is 0. The first-order valence-corrected chi connectivity index (χ1v) is 4.77. The van der Waals surface area contributed by atoms with Crippen LogP contribution in [0.5, 0.6) is 0 Å². The van der Waals surface area contributed by atoms with Gasteiger partial charge >= 0.3 is 5.97 Å². The highest BCUT2D eigenvalue weighted by atomic mass is 35.5. The Balaban J connectivity index is 3.73. The summed E-state index contributed by atoms with van der Waals surface area (Å²) >= 11 is 11.1. The minimum atomic E-state index is -0.306. The molecule has 0 aromatic carbocycles. The second-order valence-corrected chi connectivity index (χ2v) is 4.59. The summed E-state index contributed by atoms with van der Waals surface area (Å²) < 4.78 is 4.97. The van der Waals surface area contributed by atoms with E-state index < -0.39 is 0 Å². The lowest BCUT2D eigenvalue weighted by atomic mass is 10.5. The van der Waals surface area contributed by atoms with Gasteiger partial charge in [0.1, 0.15) is 8.91 Å². The third-order valence-corrected chi connectivity index (χ3v) is 2.18.